The highest BCUT2D eigenvalue weighted by Gasteiger charge is 2.21. The summed E-state index contributed by atoms with van der Waals surface area (Å²) in [5, 5.41) is 0. The number of carbonyl (C=O) groups is 1. The van der Waals surface area contributed by atoms with Crippen LogP contribution in [0.5, 0.6) is 5.75 Å². The molecule has 0 aliphatic rings. The van der Waals surface area contributed by atoms with Crippen LogP contribution in [0.25, 0.3) is 0 Å². The van der Waals surface area contributed by atoms with Crippen LogP contribution in [0.1, 0.15) is 17.2 Å². The Bertz CT molecular complexity index is 572. The van der Waals surface area contributed by atoms with Crippen molar-refractivity contribution in [1.82, 2.24) is 4.57 Å². The number of hydrogen-bond acceptors (Lipinski definition) is 3. The van der Waals surface area contributed by atoms with Crippen LogP contribution < -0.4 is 4.74 Å². The van der Waals surface area contributed by atoms with E-state index in [0.29, 0.717) is 6.42 Å². The molecule has 1 heterocycles. The minimum absolute atomic E-state index is 0.239. The highest BCUT2D eigenvalue weighted by atomic mass is 16.5. The number of esters is 1. The molecule has 0 saturated heterocycles. The maximum Gasteiger partial charge on any atom is 0.329 e. The lowest BCUT2D eigenvalue weighted by Gasteiger charge is -2.17. The fourth-order valence-corrected chi connectivity index (χ4v) is 2.15. The molecule has 0 unspecified atom stereocenters. The van der Waals surface area contributed by atoms with Gasteiger partial charge in [0.25, 0.3) is 0 Å². The molecule has 0 saturated carbocycles. The van der Waals surface area contributed by atoms with Crippen molar-refractivity contribution in [2.24, 2.45) is 0 Å². The summed E-state index contributed by atoms with van der Waals surface area (Å²) in [5.74, 6) is 0.566. The quantitative estimate of drug-likeness (QED) is 0.786. The van der Waals surface area contributed by atoms with Gasteiger partial charge in [0.1, 0.15) is 11.8 Å². The summed E-state index contributed by atoms with van der Waals surface area (Å²) in [4.78, 5) is 12.0. The zero-order valence-electron chi connectivity index (χ0n) is 12.0. The van der Waals surface area contributed by atoms with E-state index in [1.54, 1.807) is 7.11 Å². The largest absolute Gasteiger partial charge is 0.497 e. The van der Waals surface area contributed by atoms with Gasteiger partial charge in [0.15, 0.2) is 0 Å². The predicted molar refractivity (Wildman–Crippen MR) is 76.9 cm³/mol. The highest BCUT2D eigenvalue weighted by molar-refractivity contribution is 5.74. The average Bonchev–Trinajstić information content (AvgIpc) is 2.91. The first-order valence-electron chi connectivity index (χ1n) is 6.49. The Morgan fingerprint density at radius 1 is 1.20 bits per heavy atom. The van der Waals surface area contributed by atoms with Crippen molar-refractivity contribution in [1.29, 1.82) is 0 Å². The maximum absolute atomic E-state index is 12.0. The molecule has 4 nitrogen and oxygen atoms in total. The number of rotatable bonds is 5. The van der Waals surface area contributed by atoms with E-state index in [2.05, 4.69) is 0 Å². The van der Waals surface area contributed by atoms with Gasteiger partial charge >= 0.3 is 5.97 Å². The van der Waals surface area contributed by atoms with Crippen molar-refractivity contribution in [3.63, 3.8) is 0 Å². The molecule has 20 heavy (non-hydrogen) atoms. The Morgan fingerprint density at radius 3 is 2.40 bits per heavy atom. The second-order valence-corrected chi connectivity index (χ2v) is 4.73. The van der Waals surface area contributed by atoms with Gasteiger partial charge in [-0.25, -0.2) is 4.79 Å². The van der Waals surface area contributed by atoms with E-state index in [1.165, 1.54) is 7.11 Å². The lowest BCUT2D eigenvalue weighted by atomic mass is 10.1. The first-order chi connectivity index (χ1) is 9.63. The van der Waals surface area contributed by atoms with Crippen molar-refractivity contribution in [2.75, 3.05) is 14.2 Å². The number of hydrogen-bond donors (Lipinski definition) is 0. The van der Waals surface area contributed by atoms with Crippen LogP contribution >= 0.6 is 0 Å². The van der Waals surface area contributed by atoms with E-state index >= 15 is 0 Å². The van der Waals surface area contributed by atoms with Gasteiger partial charge in [-0.1, -0.05) is 12.1 Å². The minimum atomic E-state index is -0.345. The molecule has 0 bridgehead atoms. The molecule has 4 heteroatoms. The topological polar surface area (TPSA) is 40.5 Å². The second-order valence-electron chi connectivity index (χ2n) is 4.73. The second kappa shape index (κ2) is 6.28. The molecule has 2 rings (SSSR count). The Morgan fingerprint density at radius 2 is 1.90 bits per heavy atom. The summed E-state index contributed by atoms with van der Waals surface area (Å²) in [6.07, 6.45) is 4.44. The molecule has 1 aromatic heterocycles. The van der Waals surface area contributed by atoms with Crippen molar-refractivity contribution < 1.29 is 14.3 Å². The summed E-state index contributed by atoms with van der Waals surface area (Å²) in [5.41, 5.74) is 2.18. The van der Waals surface area contributed by atoms with Crippen molar-refractivity contribution in [3.05, 3.63) is 53.9 Å². The number of aryl methyl sites for hydroxylation is 1. The maximum atomic E-state index is 12.0. The molecule has 2 aromatic rings. The first kappa shape index (κ1) is 14.2. The number of carbonyl (C=O) groups excluding carboxylic acids is 1. The van der Waals surface area contributed by atoms with Crippen LogP contribution in [0.15, 0.2) is 42.7 Å². The molecule has 0 aliphatic carbocycles. The third-order valence-electron chi connectivity index (χ3n) is 3.28. The van der Waals surface area contributed by atoms with Crippen LogP contribution in [0.2, 0.25) is 0 Å². The fourth-order valence-electron chi connectivity index (χ4n) is 2.15. The summed E-state index contributed by atoms with van der Waals surface area (Å²) in [6.45, 7) is 2.00. The molecule has 1 aromatic carbocycles. The Balaban J connectivity index is 2.21. The fraction of sp³-hybridized carbons (Fsp3) is 0.312. The van der Waals surface area contributed by atoms with Crippen molar-refractivity contribution in [2.45, 2.75) is 19.4 Å². The summed E-state index contributed by atoms with van der Waals surface area (Å²) in [6, 6.07) is 9.34. The molecule has 0 radical (unpaired) electrons. The normalized spacial score (nSPS) is 11.9. The van der Waals surface area contributed by atoms with E-state index in [9.17, 15) is 4.79 Å². The van der Waals surface area contributed by atoms with E-state index in [4.69, 9.17) is 9.47 Å². The Hall–Kier alpha value is -2.23. The highest BCUT2D eigenvalue weighted by Crippen LogP contribution is 2.19. The number of methoxy groups -OCH3 is 2. The summed E-state index contributed by atoms with van der Waals surface area (Å²) in [7, 11) is 3.05. The molecular weight excluding hydrogens is 254 g/mol. The van der Waals surface area contributed by atoms with Gasteiger partial charge in [-0.05, 0) is 36.2 Å². The van der Waals surface area contributed by atoms with E-state index in [-0.39, 0.29) is 12.0 Å². The van der Waals surface area contributed by atoms with Crippen molar-refractivity contribution in [3.8, 4) is 5.75 Å². The van der Waals surface area contributed by atoms with Crippen LogP contribution in [0, 0.1) is 6.92 Å². The molecule has 0 spiro atoms. The molecule has 0 fully saturated rings. The number of nitrogens with zero attached hydrogens (tertiary/aromatic N) is 1. The molecule has 0 amide bonds. The SMILES string of the molecule is COC(=O)[C@H](Cc1ccc(OC)cc1)n1ccc(C)c1. The van der Waals surface area contributed by atoms with Crippen LogP contribution in [-0.2, 0) is 16.0 Å². The van der Waals surface area contributed by atoms with Gasteiger partial charge in [0, 0.05) is 18.8 Å². The number of aromatic nitrogens is 1. The Kier molecular flexibility index (Phi) is 4.45. The predicted octanol–water partition coefficient (Wildman–Crippen LogP) is 2.76. The smallest absolute Gasteiger partial charge is 0.329 e. The third kappa shape index (κ3) is 3.20. The summed E-state index contributed by atoms with van der Waals surface area (Å²) >= 11 is 0. The lowest BCUT2D eigenvalue weighted by molar-refractivity contribution is -0.144. The van der Waals surface area contributed by atoms with Gasteiger partial charge in [-0.15, -0.1) is 0 Å². The van der Waals surface area contributed by atoms with Gasteiger partial charge in [-0.3, -0.25) is 0 Å². The molecule has 0 aliphatic heterocycles. The van der Waals surface area contributed by atoms with Gasteiger partial charge < -0.3 is 14.0 Å². The molecular formula is C16H19NO3. The zero-order chi connectivity index (χ0) is 14.5. The molecule has 1 atom stereocenters. The number of ether oxygens (including phenoxy) is 2. The lowest BCUT2D eigenvalue weighted by Crippen LogP contribution is -2.22. The van der Waals surface area contributed by atoms with Crippen LogP contribution in [-0.4, -0.2) is 24.8 Å². The molecule has 106 valence electrons. The zero-order valence-corrected chi connectivity index (χ0v) is 12.0. The van der Waals surface area contributed by atoms with Gasteiger partial charge in [0.2, 0.25) is 0 Å². The van der Waals surface area contributed by atoms with E-state index in [1.807, 2.05) is 54.2 Å². The van der Waals surface area contributed by atoms with Crippen molar-refractivity contribution >= 4 is 5.97 Å². The Labute approximate surface area is 118 Å². The van der Waals surface area contributed by atoms with Crippen LogP contribution in [0.4, 0.5) is 0 Å². The number of benzene rings is 1. The van der Waals surface area contributed by atoms with E-state index < -0.39 is 0 Å². The summed E-state index contributed by atoms with van der Waals surface area (Å²) < 4.78 is 11.9. The van der Waals surface area contributed by atoms with Gasteiger partial charge in [0.05, 0.1) is 14.2 Å². The standard InChI is InChI=1S/C16H19NO3/c1-12-8-9-17(11-12)15(16(18)20-3)10-13-4-6-14(19-2)7-5-13/h4-9,11,15H,10H2,1-3H3/t15-/m0/s1. The first-order valence-corrected chi connectivity index (χ1v) is 6.49. The van der Waals surface area contributed by atoms with Gasteiger partial charge in [-0.2, -0.15) is 0 Å². The average molecular weight is 273 g/mol. The molecule has 0 N–H and O–H groups in total. The van der Waals surface area contributed by atoms with E-state index in [0.717, 1.165) is 16.9 Å². The minimum Gasteiger partial charge on any atom is -0.497 e. The monoisotopic (exact) mass is 273 g/mol. The van der Waals surface area contributed by atoms with Crippen LogP contribution in [0.3, 0.4) is 0 Å². The third-order valence-corrected chi connectivity index (χ3v) is 3.28.